The molecule has 1 saturated carbocycles. The lowest BCUT2D eigenvalue weighted by Gasteiger charge is -2.13. The van der Waals surface area contributed by atoms with Crippen LogP contribution in [0.15, 0.2) is 0 Å². The van der Waals surface area contributed by atoms with Gasteiger partial charge in [-0.2, -0.15) is 0 Å². The number of halogens is 1. The number of rotatable bonds is 5. The van der Waals surface area contributed by atoms with E-state index in [4.69, 9.17) is 16.7 Å². The summed E-state index contributed by atoms with van der Waals surface area (Å²) in [4.78, 5) is 11.6. The number of carbonyl (C=O) groups excluding carboxylic acids is 1. The third-order valence-corrected chi connectivity index (χ3v) is 3.84. The molecule has 88 valence electrons. The van der Waals surface area contributed by atoms with Crippen molar-refractivity contribution >= 4 is 28.8 Å². The van der Waals surface area contributed by atoms with E-state index >= 15 is 0 Å². The number of amides is 1. The van der Waals surface area contributed by atoms with Gasteiger partial charge in [-0.15, -0.1) is 10.2 Å². The van der Waals surface area contributed by atoms with Crippen molar-refractivity contribution in [1.82, 2.24) is 15.5 Å². The lowest BCUT2D eigenvalue weighted by atomic mass is 10.0. The Morgan fingerprint density at radius 1 is 1.56 bits per heavy atom. The maximum atomic E-state index is 11.6. The Morgan fingerprint density at radius 3 is 2.81 bits per heavy atom. The van der Waals surface area contributed by atoms with E-state index in [9.17, 15) is 4.79 Å². The highest BCUT2D eigenvalue weighted by atomic mass is 35.5. The molecule has 0 atom stereocenters. The van der Waals surface area contributed by atoms with E-state index in [1.54, 1.807) is 0 Å². The topological polar surface area (TPSA) is 75.1 Å². The summed E-state index contributed by atoms with van der Waals surface area (Å²) in [6, 6.07) is 0. The molecule has 0 radical (unpaired) electrons. The minimum absolute atomic E-state index is 0.110. The van der Waals surface area contributed by atoms with Gasteiger partial charge in [-0.05, 0) is 36.3 Å². The summed E-state index contributed by atoms with van der Waals surface area (Å²) < 4.78 is 0.265. The van der Waals surface area contributed by atoms with Crippen molar-refractivity contribution in [3.63, 3.8) is 0 Å². The normalized spacial score (nSPS) is 17.1. The van der Waals surface area contributed by atoms with Crippen LogP contribution in [0.4, 0.5) is 0 Å². The molecule has 0 unspecified atom stereocenters. The first-order chi connectivity index (χ1) is 7.65. The predicted molar refractivity (Wildman–Crippen MR) is 60.6 cm³/mol. The Hall–Kier alpha value is -0.720. The molecule has 0 bridgehead atoms. The van der Waals surface area contributed by atoms with Crippen molar-refractivity contribution in [2.45, 2.75) is 19.3 Å². The first-order valence-electron chi connectivity index (χ1n) is 5.03. The van der Waals surface area contributed by atoms with Crippen molar-refractivity contribution in [3.8, 4) is 0 Å². The van der Waals surface area contributed by atoms with Crippen molar-refractivity contribution in [2.75, 3.05) is 13.2 Å². The zero-order valence-electron chi connectivity index (χ0n) is 8.57. The van der Waals surface area contributed by atoms with Gasteiger partial charge in [0.25, 0.3) is 5.91 Å². The molecule has 2 rings (SSSR count). The molecule has 16 heavy (non-hydrogen) atoms. The molecular formula is C9H12ClN3O2S. The highest BCUT2D eigenvalue weighted by Gasteiger charge is 2.42. The number of aliphatic hydroxyl groups is 1. The number of nitrogens with one attached hydrogen (secondary N) is 1. The van der Waals surface area contributed by atoms with Gasteiger partial charge in [-0.25, -0.2) is 0 Å². The van der Waals surface area contributed by atoms with Gasteiger partial charge in [0, 0.05) is 13.2 Å². The van der Waals surface area contributed by atoms with Crippen LogP contribution >= 0.6 is 22.9 Å². The van der Waals surface area contributed by atoms with Crippen molar-refractivity contribution in [1.29, 1.82) is 0 Å². The lowest BCUT2D eigenvalue weighted by molar-refractivity contribution is 0.0939. The number of aromatic nitrogens is 2. The minimum Gasteiger partial charge on any atom is -0.396 e. The molecule has 0 aromatic carbocycles. The summed E-state index contributed by atoms with van der Waals surface area (Å²) in [5.41, 5.74) is 0.110. The van der Waals surface area contributed by atoms with E-state index in [0.717, 1.165) is 30.6 Å². The number of hydrogen-bond donors (Lipinski definition) is 2. The molecule has 1 fully saturated rings. The first-order valence-corrected chi connectivity index (χ1v) is 6.23. The molecule has 0 spiro atoms. The van der Waals surface area contributed by atoms with Gasteiger partial charge in [-0.1, -0.05) is 11.3 Å². The van der Waals surface area contributed by atoms with Crippen molar-refractivity contribution in [3.05, 3.63) is 9.47 Å². The zero-order chi connectivity index (χ0) is 11.6. The third-order valence-electron chi connectivity index (χ3n) is 2.82. The first kappa shape index (κ1) is 11.8. The van der Waals surface area contributed by atoms with Crippen molar-refractivity contribution < 1.29 is 9.90 Å². The third kappa shape index (κ3) is 2.69. The van der Waals surface area contributed by atoms with Gasteiger partial charge in [0.05, 0.1) is 0 Å². The predicted octanol–water partition coefficient (Wildman–Crippen LogP) is 1.08. The average molecular weight is 262 g/mol. The summed E-state index contributed by atoms with van der Waals surface area (Å²) in [5.74, 6) is -0.242. The van der Waals surface area contributed by atoms with Crippen LogP contribution < -0.4 is 5.32 Å². The van der Waals surface area contributed by atoms with Crippen LogP contribution in [0.25, 0.3) is 0 Å². The van der Waals surface area contributed by atoms with E-state index in [1.807, 2.05) is 0 Å². The summed E-state index contributed by atoms with van der Waals surface area (Å²) in [5, 5.41) is 19.2. The van der Waals surface area contributed by atoms with E-state index in [2.05, 4.69) is 15.5 Å². The quantitative estimate of drug-likeness (QED) is 0.832. The Balaban J connectivity index is 1.84. The minimum atomic E-state index is -0.242. The highest BCUT2D eigenvalue weighted by molar-refractivity contribution is 7.17. The summed E-state index contributed by atoms with van der Waals surface area (Å²) in [7, 11) is 0. The maximum Gasteiger partial charge on any atom is 0.282 e. The molecule has 1 amide bonds. The molecule has 0 aliphatic heterocycles. The van der Waals surface area contributed by atoms with Crippen LogP contribution in [-0.2, 0) is 0 Å². The molecule has 7 heteroatoms. The van der Waals surface area contributed by atoms with Crippen molar-refractivity contribution in [2.24, 2.45) is 5.41 Å². The van der Waals surface area contributed by atoms with Gasteiger partial charge in [0.15, 0.2) is 0 Å². The van der Waals surface area contributed by atoms with Gasteiger partial charge >= 0.3 is 0 Å². The SMILES string of the molecule is O=C(NCC1(CCO)CC1)c1nnc(Cl)s1. The molecule has 1 heterocycles. The molecule has 1 aromatic heterocycles. The molecule has 2 N–H and O–H groups in total. The monoisotopic (exact) mass is 261 g/mol. The maximum absolute atomic E-state index is 11.6. The van der Waals surface area contributed by atoms with E-state index < -0.39 is 0 Å². The Labute approximate surface area is 102 Å². The smallest absolute Gasteiger partial charge is 0.282 e. The lowest BCUT2D eigenvalue weighted by Crippen LogP contribution is -2.30. The molecule has 1 aromatic rings. The molecular weight excluding hydrogens is 250 g/mol. The van der Waals surface area contributed by atoms with Crippen LogP contribution in [0.5, 0.6) is 0 Å². The van der Waals surface area contributed by atoms with Gasteiger partial charge in [0.1, 0.15) is 0 Å². The molecule has 5 nitrogen and oxygen atoms in total. The van der Waals surface area contributed by atoms with Crippen LogP contribution in [-0.4, -0.2) is 34.4 Å². The van der Waals surface area contributed by atoms with Crippen LogP contribution in [0.1, 0.15) is 29.1 Å². The van der Waals surface area contributed by atoms with Gasteiger partial charge < -0.3 is 10.4 Å². The molecule has 1 aliphatic rings. The number of nitrogens with zero attached hydrogens (tertiary/aromatic N) is 2. The van der Waals surface area contributed by atoms with Gasteiger partial charge in [-0.3, -0.25) is 4.79 Å². The summed E-state index contributed by atoms with van der Waals surface area (Å²) in [6.45, 7) is 0.754. The number of carbonyl (C=O) groups is 1. The number of aliphatic hydroxyl groups excluding tert-OH is 1. The van der Waals surface area contributed by atoms with Gasteiger partial charge in [0.2, 0.25) is 9.47 Å². The van der Waals surface area contributed by atoms with E-state index in [1.165, 1.54) is 0 Å². The summed E-state index contributed by atoms with van der Waals surface area (Å²) >= 11 is 6.65. The second-order valence-electron chi connectivity index (χ2n) is 4.02. The Bertz CT molecular complexity index is 392. The highest BCUT2D eigenvalue weighted by Crippen LogP contribution is 2.47. The Morgan fingerprint density at radius 2 is 2.31 bits per heavy atom. The van der Waals surface area contributed by atoms with Crippen LogP contribution in [0.3, 0.4) is 0 Å². The fourth-order valence-electron chi connectivity index (χ4n) is 1.57. The fourth-order valence-corrected chi connectivity index (χ4v) is 2.31. The molecule has 0 saturated heterocycles. The largest absolute Gasteiger partial charge is 0.396 e. The van der Waals surface area contributed by atoms with Crippen LogP contribution in [0, 0.1) is 5.41 Å². The van der Waals surface area contributed by atoms with E-state index in [-0.39, 0.29) is 27.4 Å². The second kappa shape index (κ2) is 4.65. The molecule has 1 aliphatic carbocycles. The van der Waals surface area contributed by atoms with Crippen LogP contribution in [0.2, 0.25) is 4.47 Å². The average Bonchev–Trinajstić information content (AvgIpc) is 2.89. The number of hydrogen-bond acceptors (Lipinski definition) is 5. The summed E-state index contributed by atoms with van der Waals surface area (Å²) in [6.07, 6.45) is 2.86. The fraction of sp³-hybridized carbons (Fsp3) is 0.667. The van der Waals surface area contributed by atoms with E-state index in [0.29, 0.717) is 6.54 Å². The Kier molecular flexibility index (Phi) is 3.41. The second-order valence-corrected chi connectivity index (χ2v) is 5.58. The zero-order valence-corrected chi connectivity index (χ0v) is 10.1. The standard InChI is InChI=1S/C9H12ClN3O2S/c10-8-13-12-7(16-8)6(15)11-5-9(1-2-9)3-4-14/h14H,1-5H2,(H,11,15).